The third-order valence-corrected chi connectivity index (χ3v) is 1.61. The van der Waals surface area contributed by atoms with Crippen LogP contribution >= 0.6 is 0 Å². The first-order valence-corrected chi connectivity index (χ1v) is 4.51. The van der Waals surface area contributed by atoms with E-state index in [-0.39, 0.29) is 5.91 Å². The molecule has 0 saturated carbocycles. The SMILES string of the molecule is CC(=O)NCCNCc1cccnn1. The summed E-state index contributed by atoms with van der Waals surface area (Å²) in [6.07, 6.45) is 1.64. The fraction of sp³-hybridized carbons (Fsp3) is 0.444. The van der Waals surface area contributed by atoms with E-state index >= 15 is 0 Å². The van der Waals surface area contributed by atoms with E-state index in [1.807, 2.05) is 12.1 Å². The van der Waals surface area contributed by atoms with Crippen LogP contribution in [0.15, 0.2) is 18.3 Å². The fourth-order valence-electron chi connectivity index (χ4n) is 0.971. The number of carbonyl (C=O) groups excluding carboxylic acids is 1. The molecule has 1 aromatic rings. The number of rotatable bonds is 5. The van der Waals surface area contributed by atoms with Gasteiger partial charge >= 0.3 is 0 Å². The third-order valence-electron chi connectivity index (χ3n) is 1.61. The molecule has 0 aliphatic rings. The van der Waals surface area contributed by atoms with Gasteiger partial charge < -0.3 is 10.6 Å². The van der Waals surface area contributed by atoms with Gasteiger partial charge in [-0.2, -0.15) is 10.2 Å². The molecule has 0 aromatic carbocycles. The van der Waals surface area contributed by atoms with Crippen LogP contribution in [0, 0.1) is 0 Å². The Morgan fingerprint density at radius 3 is 3.00 bits per heavy atom. The number of hydrogen-bond donors (Lipinski definition) is 2. The van der Waals surface area contributed by atoms with Crippen molar-refractivity contribution in [2.75, 3.05) is 13.1 Å². The average Bonchev–Trinajstić information content (AvgIpc) is 2.18. The molecule has 1 heterocycles. The van der Waals surface area contributed by atoms with Crippen LogP contribution in [0.1, 0.15) is 12.6 Å². The van der Waals surface area contributed by atoms with E-state index in [0.717, 1.165) is 12.2 Å². The lowest BCUT2D eigenvalue weighted by atomic mass is 10.4. The zero-order chi connectivity index (χ0) is 10.2. The van der Waals surface area contributed by atoms with Crippen LogP contribution in [-0.4, -0.2) is 29.2 Å². The maximum atomic E-state index is 10.5. The number of aromatic nitrogens is 2. The number of hydrogen-bond acceptors (Lipinski definition) is 4. The van der Waals surface area contributed by atoms with Crippen molar-refractivity contribution in [3.8, 4) is 0 Å². The van der Waals surface area contributed by atoms with Gasteiger partial charge in [-0.15, -0.1) is 0 Å². The summed E-state index contributed by atoms with van der Waals surface area (Å²) in [6.45, 7) is 3.54. The first-order chi connectivity index (χ1) is 6.79. The molecule has 0 aliphatic carbocycles. The second-order valence-electron chi connectivity index (χ2n) is 2.87. The molecule has 5 heteroatoms. The van der Waals surface area contributed by atoms with E-state index in [1.54, 1.807) is 6.20 Å². The molecule has 0 saturated heterocycles. The molecule has 1 aromatic heterocycles. The van der Waals surface area contributed by atoms with Crippen molar-refractivity contribution in [3.05, 3.63) is 24.0 Å². The minimum Gasteiger partial charge on any atom is -0.355 e. The molecule has 0 spiro atoms. The summed E-state index contributed by atoms with van der Waals surface area (Å²) in [5, 5.41) is 13.5. The first-order valence-electron chi connectivity index (χ1n) is 4.51. The molecule has 0 atom stereocenters. The van der Waals surface area contributed by atoms with Crippen LogP contribution in [0.2, 0.25) is 0 Å². The van der Waals surface area contributed by atoms with Gasteiger partial charge in [0.05, 0.1) is 5.69 Å². The van der Waals surface area contributed by atoms with E-state index in [4.69, 9.17) is 0 Å². The van der Waals surface area contributed by atoms with Gasteiger partial charge in [-0.3, -0.25) is 4.79 Å². The van der Waals surface area contributed by atoms with Crippen molar-refractivity contribution in [2.24, 2.45) is 0 Å². The lowest BCUT2D eigenvalue weighted by molar-refractivity contribution is -0.118. The van der Waals surface area contributed by atoms with Gasteiger partial charge in [-0.1, -0.05) is 0 Å². The predicted molar refractivity (Wildman–Crippen MR) is 52.4 cm³/mol. The number of amides is 1. The maximum Gasteiger partial charge on any atom is 0.216 e. The Balaban J connectivity index is 2.08. The zero-order valence-electron chi connectivity index (χ0n) is 8.16. The Kier molecular flexibility index (Phi) is 4.57. The lowest BCUT2D eigenvalue weighted by Crippen LogP contribution is -2.30. The summed E-state index contributed by atoms with van der Waals surface area (Å²) in [6, 6.07) is 3.75. The van der Waals surface area contributed by atoms with Crippen molar-refractivity contribution >= 4 is 5.91 Å². The Morgan fingerprint density at radius 2 is 2.36 bits per heavy atom. The van der Waals surface area contributed by atoms with E-state index in [9.17, 15) is 4.79 Å². The molecule has 0 fully saturated rings. The molecule has 0 radical (unpaired) electrons. The van der Waals surface area contributed by atoms with Crippen LogP contribution in [0.3, 0.4) is 0 Å². The van der Waals surface area contributed by atoms with Crippen molar-refractivity contribution in [1.29, 1.82) is 0 Å². The molecule has 14 heavy (non-hydrogen) atoms. The third kappa shape index (κ3) is 4.51. The molecule has 1 amide bonds. The monoisotopic (exact) mass is 194 g/mol. The standard InChI is InChI=1S/C9H14N4O/c1-8(14)11-6-5-10-7-9-3-2-4-12-13-9/h2-4,10H,5-7H2,1H3,(H,11,14). The number of carbonyl (C=O) groups is 1. The summed E-state index contributed by atoms with van der Waals surface area (Å²) in [5.41, 5.74) is 0.898. The van der Waals surface area contributed by atoms with E-state index in [0.29, 0.717) is 13.1 Å². The van der Waals surface area contributed by atoms with E-state index in [2.05, 4.69) is 20.8 Å². The largest absolute Gasteiger partial charge is 0.355 e. The Morgan fingerprint density at radius 1 is 1.50 bits per heavy atom. The average molecular weight is 194 g/mol. The van der Waals surface area contributed by atoms with Gasteiger partial charge in [-0.25, -0.2) is 0 Å². The van der Waals surface area contributed by atoms with Crippen LogP contribution in [0.25, 0.3) is 0 Å². The first kappa shape index (κ1) is 10.6. The highest BCUT2D eigenvalue weighted by Gasteiger charge is 1.93. The maximum absolute atomic E-state index is 10.5. The molecule has 0 unspecified atom stereocenters. The molecule has 76 valence electrons. The smallest absolute Gasteiger partial charge is 0.216 e. The molecule has 1 rings (SSSR count). The topological polar surface area (TPSA) is 66.9 Å². The Bertz CT molecular complexity index is 275. The summed E-state index contributed by atoms with van der Waals surface area (Å²) in [7, 11) is 0. The van der Waals surface area contributed by atoms with Crippen molar-refractivity contribution in [2.45, 2.75) is 13.5 Å². The number of nitrogens with one attached hydrogen (secondary N) is 2. The Hall–Kier alpha value is -1.49. The van der Waals surface area contributed by atoms with Crippen molar-refractivity contribution < 1.29 is 4.79 Å². The van der Waals surface area contributed by atoms with Gasteiger partial charge in [0.2, 0.25) is 5.91 Å². The summed E-state index contributed by atoms with van der Waals surface area (Å²) in [5.74, 6) is -0.00805. The molecule has 0 bridgehead atoms. The highest BCUT2D eigenvalue weighted by atomic mass is 16.1. The number of nitrogens with zero attached hydrogens (tertiary/aromatic N) is 2. The van der Waals surface area contributed by atoms with Crippen molar-refractivity contribution in [3.63, 3.8) is 0 Å². The van der Waals surface area contributed by atoms with Gasteiger partial charge in [-0.05, 0) is 12.1 Å². The fourth-order valence-corrected chi connectivity index (χ4v) is 0.971. The lowest BCUT2D eigenvalue weighted by Gasteiger charge is -2.03. The second-order valence-corrected chi connectivity index (χ2v) is 2.87. The highest BCUT2D eigenvalue weighted by molar-refractivity contribution is 5.72. The molecule has 0 aliphatic heterocycles. The summed E-state index contributed by atoms with van der Waals surface area (Å²) >= 11 is 0. The van der Waals surface area contributed by atoms with Crippen LogP contribution < -0.4 is 10.6 Å². The van der Waals surface area contributed by atoms with Crippen LogP contribution in [-0.2, 0) is 11.3 Å². The highest BCUT2D eigenvalue weighted by Crippen LogP contribution is 1.88. The van der Waals surface area contributed by atoms with E-state index < -0.39 is 0 Å². The minimum atomic E-state index is -0.00805. The van der Waals surface area contributed by atoms with Gasteiger partial charge in [0, 0.05) is 32.8 Å². The van der Waals surface area contributed by atoms with Crippen molar-refractivity contribution in [1.82, 2.24) is 20.8 Å². The Labute approximate surface area is 82.9 Å². The molecular weight excluding hydrogens is 180 g/mol. The predicted octanol–water partition coefficient (Wildman–Crippen LogP) is -0.298. The van der Waals surface area contributed by atoms with Crippen LogP contribution in [0.5, 0.6) is 0 Å². The van der Waals surface area contributed by atoms with Gasteiger partial charge in [0.25, 0.3) is 0 Å². The summed E-state index contributed by atoms with van der Waals surface area (Å²) < 4.78 is 0. The molecular formula is C9H14N4O. The molecule has 2 N–H and O–H groups in total. The second kappa shape index (κ2) is 6.04. The van der Waals surface area contributed by atoms with Gasteiger partial charge in [0.15, 0.2) is 0 Å². The van der Waals surface area contributed by atoms with Crippen LogP contribution in [0.4, 0.5) is 0 Å². The summed E-state index contributed by atoms with van der Waals surface area (Å²) in [4.78, 5) is 10.5. The minimum absolute atomic E-state index is 0.00805. The van der Waals surface area contributed by atoms with Gasteiger partial charge in [0.1, 0.15) is 0 Å². The zero-order valence-corrected chi connectivity index (χ0v) is 8.16. The quantitative estimate of drug-likeness (QED) is 0.632. The van der Waals surface area contributed by atoms with E-state index in [1.165, 1.54) is 6.92 Å². The normalized spacial score (nSPS) is 9.79. The molecule has 5 nitrogen and oxygen atoms in total.